The van der Waals surface area contributed by atoms with E-state index >= 15 is 0 Å². The lowest BCUT2D eigenvalue weighted by Gasteiger charge is -2.26. The number of aliphatic hydroxyl groups is 1. The summed E-state index contributed by atoms with van der Waals surface area (Å²) >= 11 is 5.96. The van der Waals surface area contributed by atoms with Gasteiger partial charge in [-0.15, -0.1) is 0 Å². The standard InChI is InChI=1S/C19H25ClN2O2/c1-12-18(14-7-9-16(20)10-8-14)24-19(21-12)13(2)22(3)11-15-5-4-6-17(15)23/h7-10,13,15,17,23H,4-6,11H2,1-3H3. The Labute approximate surface area is 148 Å². The highest BCUT2D eigenvalue weighted by Crippen LogP contribution is 2.31. The number of halogens is 1. The number of rotatable bonds is 5. The molecule has 1 aliphatic carbocycles. The predicted molar refractivity (Wildman–Crippen MR) is 96.1 cm³/mol. The molecule has 1 aromatic carbocycles. The summed E-state index contributed by atoms with van der Waals surface area (Å²) in [5.74, 6) is 1.86. The van der Waals surface area contributed by atoms with E-state index < -0.39 is 0 Å². The first-order chi connectivity index (χ1) is 11.5. The predicted octanol–water partition coefficient (Wildman–Crippen LogP) is 4.46. The molecule has 3 unspecified atom stereocenters. The third-order valence-electron chi connectivity index (χ3n) is 5.08. The molecule has 1 heterocycles. The molecule has 2 aromatic rings. The minimum Gasteiger partial charge on any atom is -0.439 e. The Morgan fingerprint density at radius 2 is 2.04 bits per heavy atom. The summed E-state index contributed by atoms with van der Waals surface area (Å²) in [5.41, 5.74) is 1.87. The summed E-state index contributed by atoms with van der Waals surface area (Å²) in [7, 11) is 2.07. The molecule has 0 spiro atoms. The maximum absolute atomic E-state index is 10.0. The molecule has 3 atom stereocenters. The van der Waals surface area contributed by atoms with E-state index in [2.05, 4.69) is 23.9 Å². The monoisotopic (exact) mass is 348 g/mol. The van der Waals surface area contributed by atoms with Crippen molar-refractivity contribution in [3.05, 3.63) is 40.9 Å². The minimum atomic E-state index is -0.171. The Kier molecular flexibility index (Phi) is 5.28. The molecule has 1 saturated carbocycles. The van der Waals surface area contributed by atoms with Gasteiger partial charge in [-0.2, -0.15) is 0 Å². The van der Waals surface area contributed by atoms with Crippen LogP contribution in [0.2, 0.25) is 5.02 Å². The van der Waals surface area contributed by atoms with Gasteiger partial charge in [-0.3, -0.25) is 4.90 Å². The highest BCUT2D eigenvalue weighted by Gasteiger charge is 2.29. The largest absolute Gasteiger partial charge is 0.439 e. The van der Waals surface area contributed by atoms with Gasteiger partial charge in [0, 0.05) is 17.1 Å². The number of oxazole rings is 1. The summed E-state index contributed by atoms with van der Waals surface area (Å²) in [5, 5.41) is 10.7. The lowest BCUT2D eigenvalue weighted by atomic mass is 10.0. The Hall–Kier alpha value is -1.36. The minimum absolute atomic E-state index is 0.0672. The van der Waals surface area contributed by atoms with Crippen molar-refractivity contribution in [3.8, 4) is 11.3 Å². The molecule has 3 rings (SSSR count). The lowest BCUT2D eigenvalue weighted by Crippen LogP contribution is -2.32. The molecule has 4 nitrogen and oxygen atoms in total. The summed E-state index contributed by atoms with van der Waals surface area (Å²) in [6.45, 7) is 4.92. The molecule has 1 aromatic heterocycles. The van der Waals surface area contributed by atoms with E-state index in [0.717, 1.165) is 42.8 Å². The van der Waals surface area contributed by atoms with E-state index in [9.17, 15) is 5.11 Å². The van der Waals surface area contributed by atoms with Crippen molar-refractivity contribution >= 4 is 11.6 Å². The molecule has 1 N–H and O–H groups in total. The maximum atomic E-state index is 10.0. The highest BCUT2D eigenvalue weighted by molar-refractivity contribution is 6.30. The normalized spacial score (nSPS) is 22.2. The summed E-state index contributed by atoms with van der Waals surface area (Å²) in [6.07, 6.45) is 2.97. The van der Waals surface area contributed by atoms with E-state index in [1.807, 2.05) is 31.2 Å². The zero-order chi connectivity index (χ0) is 17.3. The fraction of sp³-hybridized carbons (Fsp3) is 0.526. The van der Waals surface area contributed by atoms with E-state index in [4.69, 9.17) is 16.0 Å². The van der Waals surface area contributed by atoms with Gasteiger partial charge >= 0.3 is 0 Å². The highest BCUT2D eigenvalue weighted by atomic mass is 35.5. The van der Waals surface area contributed by atoms with Gasteiger partial charge in [0.25, 0.3) is 0 Å². The van der Waals surface area contributed by atoms with Crippen molar-refractivity contribution in [1.82, 2.24) is 9.88 Å². The number of aryl methyl sites for hydroxylation is 1. The van der Waals surface area contributed by atoms with Crippen molar-refractivity contribution in [2.45, 2.75) is 45.3 Å². The molecule has 24 heavy (non-hydrogen) atoms. The van der Waals surface area contributed by atoms with Crippen LogP contribution in [-0.4, -0.2) is 34.7 Å². The van der Waals surface area contributed by atoms with Crippen molar-refractivity contribution in [2.24, 2.45) is 5.92 Å². The molecule has 1 aliphatic rings. The van der Waals surface area contributed by atoms with Crippen molar-refractivity contribution < 1.29 is 9.52 Å². The molecule has 0 aliphatic heterocycles. The second-order valence-corrected chi connectivity index (χ2v) is 7.28. The Morgan fingerprint density at radius 3 is 2.67 bits per heavy atom. The quantitative estimate of drug-likeness (QED) is 0.866. The lowest BCUT2D eigenvalue weighted by molar-refractivity contribution is 0.0945. The van der Waals surface area contributed by atoms with Gasteiger partial charge in [0.15, 0.2) is 5.76 Å². The fourth-order valence-corrected chi connectivity index (χ4v) is 3.54. The van der Waals surface area contributed by atoms with Crippen LogP contribution in [0.5, 0.6) is 0 Å². The van der Waals surface area contributed by atoms with Gasteiger partial charge in [0.05, 0.1) is 17.8 Å². The molecule has 5 heteroatoms. The number of hydrogen-bond donors (Lipinski definition) is 1. The van der Waals surface area contributed by atoms with Gasteiger partial charge in [0.1, 0.15) is 0 Å². The third-order valence-corrected chi connectivity index (χ3v) is 5.33. The average molecular weight is 349 g/mol. The topological polar surface area (TPSA) is 49.5 Å². The van der Waals surface area contributed by atoms with Gasteiger partial charge < -0.3 is 9.52 Å². The Balaban J connectivity index is 1.74. The molecule has 0 amide bonds. The van der Waals surface area contributed by atoms with E-state index in [0.29, 0.717) is 16.8 Å². The number of aliphatic hydroxyl groups excluding tert-OH is 1. The number of nitrogens with zero attached hydrogens (tertiary/aromatic N) is 2. The molecule has 130 valence electrons. The smallest absolute Gasteiger partial charge is 0.212 e. The first-order valence-electron chi connectivity index (χ1n) is 8.57. The fourth-order valence-electron chi connectivity index (χ4n) is 3.41. The van der Waals surface area contributed by atoms with Crippen LogP contribution in [0.3, 0.4) is 0 Å². The summed E-state index contributed by atoms with van der Waals surface area (Å²) in [6, 6.07) is 7.68. The first-order valence-corrected chi connectivity index (χ1v) is 8.95. The van der Waals surface area contributed by atoms with Crippen molar-refractivity contribution in [1.29, 1.82) is 0 Å². The van der Waals surface area contributed by atoms with Crippen LogP contribution in [0.1, 0.15) is 43.8 Å². The van der Waals surface area contributed by atoms with Crippen LogP contribution in [0, 0.1) is 12.8 Å². The van der Waals surface area contributed by atoms with Crippen molar-refractivity contribution in [3.63, 3.8) is 0 Å². The molecule has 1 fully saturated rings. The number of hydrogen-bond acceptors (Lipinski definition) is 4. The zero-order valence-corrected chi connectivity index (χ0v) is 15.3. The van der Waals surface area contributed by atoms with Crippen LogP contribution in [0.15, 0.2) is 28.7 Å². The molecule has 0 saturated heterocycles. The molecule has 0 bridgehead atoms. The van der Waals surface area contributed by atoms with Crippen LogP contribution in [0.4, 0.5) is 0 Å². The number of benzene rings is 1. The van der Waals surface area contributed by atoms with E-state index in [-0.39, 0.29) is 12.1 Å². The van der Waals surface area contributed by atoms with Crippen LogP contribution in [-0.2, 0) is 0 Å². The van der Waals surface area contributed by atoms with Gasteiger partial charge in [-0.05, 0) is 63.9 Å². The number of aromatic nitrogens is 1. The second-order valence-electron chi connectivity index (χ2n) is 6.85. The average Bonchev–Trinajstić information content (AvgIpc) is 3.14. The Bertz CT molecular complexity index is 683. The van der Waals surface area contributed by atoms with Crippen LogP contribution < -0.4 is 0 Å². The SMILES string of the molecule is Cc1nc(C(C)N(C)CC2CCCC2O)oc1-c1ccc(Cl)cc1. The van der Waals surface area contributed by atoms with Gasteiger partial charge in [-0.1, -0.05) is 18.0 Å². The van der Waals surface area contributed by atoms with E-state index in [1.165, 1.54) is 0 Å². The Morgan fingerprint density at radius 1 is 1.33 bits per heavy atom. The molecule has 0 radical (unpaired) electrons. The maximum Gasteiger partial charge on any atom is 0.212 e. The van der Waals surface area contributed by atoms with Gasteiger partial charge in [-0.25, -0.2) is 4.98 Å². The summed E-state index contributed by atoms with van der Waals surface area (Å²) in [4.78, 5) is 6.84. The third kappa shape index (κ3) is 3.66. The van der Waals surface area contributed by atoms with Crippen LogP contribution in [0.25, 0.3) is 11.3 Å². The molecular weight excluding hydrogens is 324 g/mol. The zero-order valence-electron chi connectivity index (χ0n) is 14.5. The first kappa shape index (κ1) is 17.5. The second kappa shape index (κ2) is 7.26. The summed E-state index contributed by atoms with van der Waals surface area (Å²) < 4.78 is 6.06. The van der Waals surface area contributed by atoms with Gasteiger partial charge in [0.2, 0.25) is 5.89 Å². The van der Waals surface area contributed by atoms with Crippen LogP contribution >= 0.6 is 11.6 Å². The van der Waals surface area contributed by atoms with E-state index in [1.54, 1.807) is 0 Å². The molecular formula is C19H25ClN2O2. The van der Waals surface area contributed by atoms with Crippen molar-refractivity contribution in [2.75, 3.05) is 13.6 Å².